The smallest absolute Gasteiger partial charge is 0.387 e. The van der Waals surface area contributed by atoms with Crippen LogP contribution in [0.15, 0.2) is 224 Å². The molecule has 106 heavy (non-hydrogen) atoms. The Labute approximate surface area is 622 Å². The average Bonchev–Trinajstić information content (AvgIpc) is 0.800. The molecule has 0 spiro atoms. The molecule has 13 rings (SSSR count). The third kappa shape index (κ3) is 17.7. The fourth-order valence-corrected chi connectivity index (χ4v) is 11.9. The van der Waals surface area contributed by atoms with Crippen molar-refractivity contribution in [2.24, 2.45) is 0 Å². The highest BCUT2D eigenvalue weighted by Gasteiger charge is 2.24. The molecular formula is C80H65F2IN14O9. The molecule has 0 aliphatic carbocycles. The number of benzene rings is 9. The molecular weight excluding hydrogens is 1470 g/mol. The van der Waals surface area contributed by atoms with Gasteiger partial charge in [0.1, 0.15) is 59.4 Å². The Morgan fingerprint density at radius 3 is 1.07 bits per heavy atom. The molecule has 0 bridgehead atoms. The van der Waals surface area contributed by atoms with Crippen LogP contribution in [0.3, 0.4) is 0 Å². The quantitative estimate of drug-likeness (QED) is 0.0438. The molecule has 0 amide bonds. The highest BCUT2D eigenvalue weighted by Crippen LogP contribution is 2.41. The van der Waals surface area contributed by atoms with E-state index in [0.717, 1.165) is 88.0 Å². The number of ether oxygens (including phenoxy) is 5. The number of fused-ring (bicyclic) bond motifs is 4. The zero-order chi connectivity index (χ0) is 74.8. The van der Waals surface area contributed by atoms with Crippen LogP contribution in [0.4, 0.5) is 65.7 Å². The minimum absolute atomic E-state index is 0. The molecule has 9 aromatic carbocycles. The number of nitro groups is 2. The summed E-state index contributed by atoms with van der Waals surface area (Å²) < 4.78 is 52.0. The number of hydrogen-bond acceptors (Lipinski definition) is 21. The number of nitrogens with zero attached hydrogens (tertiary/aromatic N) is 14. The molecule has 0 saturated carbocycles. The number of methoxy groups -OCH3 is 3. The second-order valence-electron chi connectivity index (χ2n) is 22.7. The van der Waals surface area contributed by atoms with E-state index in [1.807, 2.05) is 171 Å². The van der Waals surface area contributed by atoms with Gasteiger partial charge >= 0.3 is 18.0 Å². The van der Waals surface area contributed by atoms with Gasteiger partial charge in [0, 0.05) is 90.7 Å². The van der Waals surface area contributed by atoms with Gasteiger partial charge in [-0.2, -0.15) is 29.8 Å². The van der Waals surface area contributed by atoms with Crippen molar-refractivity contribution in [3.8, 4) is 53.0 Å². The fourth-order valence-electron chi connectivity index (χ4n) is 11.2. The van der Waals surface area contributed by atoms with Gasteiger partial charge in [0.15, 0.2) is 17.2 Å². The Balaban J connectivity index is 0.000000164. The van der Waals surface area contributed by atoms with E-state index in [0.29, 0.717) is 57.6 Å². The Morgan fingerprint density at radius 2 is 0.726 bits per heavy atom. The van der Waals surface area contributed by atoms with Crippen LogP contribution in [0.1, 0.15) is 35.8 Å². The Bertz CT molecular complexity index is 5580. The standard InChI is InChI=1S/C25H21N3O2.C18H12F2N4O3.C18H14IN3O.C18H14N4O3.CH4/c1-28(23-14-19(16-26)27-22-11-7-6-10-21(22)23)20-12-13-24(29-2)25(15-20)30-17-18-8-4-3-5-9-18;1-23(12-6-7-17(27-18(19)20)16(9-12)24(25)26)15-8-11(10-21)22-14-5-3-2-4-13(14)15;1-22(13-7-8-18(23-2)15(19)10-13)17-9-12(11-20)21-16-6-4-3-5-14(16)17;1-21(13-7-8-18(25-2)17(10-13)22(23)24)16-9-12(11-19)20-15-6-4-3-5-14(15)16;/h3-15H,17H2,1-2H3;2-9,18H,1H3;3-10H,1-2H3;3-10H,1-2H3;1H4. The van der Waals surface area contributed by atoms with E-state index in [4.69, 9.17) is 18.9 Å². The molecule has 0 unspecified atom stereocenters. The molecule has 23 nitrogen and oxygen atoms in total. The molecule has 0 saturated heterocycles. The van der Waals surface area contributed by atoms with Gasteiger partial charge in [-0.1, -0.05) is 111 Å². The van der Waals surface area contributed by atoms with E-state index in [-0.39, 0.29) is 30.3 Å². The number of aromatic nitrogens is 4. The first kappa shape index (κ1) is 76.4. The van der Waals surface area contributed by atoms with Crippen molar-refractivity contribution in [3.63, 3.8) is 0 Å². The van der Waals surface area contributed by atoms with E-state index in [1.165, 1.54) is 19.2 Å². The van der Waals surface area contributed by atoms with Crippen molar-refractivity contribution in [3.05, 3.63) is 277 Å². The number of alkyl halides is 2. The van der Waals surface area contributed by atoms with Crippen molar-refractivity contribution < 1.29 is 42.3 Å². The lowest BCUT2D eigenvalue weighted by molar-refractivity contribution is -0.386. The lowest BCUT2D eigenvalue weighted by atomic mass is 10.1. The SMILES string of the molecule is C.CN(c1ccc(OC(F)F)c([N+](=O)[O-])c1)c1cc(C#N)nc2ccccc12.COc1ccc(N(C)c2cc(C#N)nc3ccccc23)cc1I.COc1ccc(N(C)c2cc(C#N)nc3ccccc23)cc1OCc1ccccc1.COc1ccc(N(C)c2cc(C#N)nc3ccccc23)cc1[N+](=O)[O-]. The van der Waals surface area contributed by atoms with Crippen LogP contribution in [0.2, 0.25) is 0 Å². The number of para-hydroxylation sites is 4. The van der Waals surface area contributed by atoms with Crippen molar-refractivity contribution in [1.82, 2.24) is 19.9 Å². The topological polar surface area (TPSA) is 292 Å². The number of halogens is 3. The normalized spacial score (nSPS) is 10.3. The summed E-state index contributed by atoms with van der Waals surface area (Å²) in [6.07, 6.45) is 0. The molecule has 0 aliphatic heterocycles. The lowest BCUT2D eigenvalue weighted by Gasteiger charge is -2.23. The predicted octanol–water partition coefficient (Wildman–Crippen LogP) is 18.8. The number of pyridine rings is 4. The van der Waals surface area contributed by atoms with Crippen LogP contribution in [0.25, 0.3) is 43.6 Å². The fraction of sp³-hybridized carbons (Fsp3) is 0.125. The van der Waals surface area contributed by atoms with Gasteiger partial charge in [0.25, 0.3) is 0 Å². The number of nitriles is 4. The van der Waals surface area contributed by atoms with Crippen LogP contribution >= 0.6 is 22.6 Å². The van der Waals surface area contributed by atoms with Crippen molar-refractivity contribution >= 4 is 123 Å². The summed E-state index contributed by atoms with van der Waals surface area (Å²) in [5, 5.41) is 63.1. The molecule has 0 atom stereocenters. The van der Waals surface area contributed by atoms with Crippen LogP contribution < -0.4 is 43.3 Å². The van der Waals surface area contributed by atoms with E-state index >= 15 is 0 Å². The number of nitro benzene ring substituents is 2. The molecule has 4 heterocycles. The first-order valence-electron chi connectivity index (χ1n) is 31.7. The van der Waals surface area contributed by atoms with Crippen molar-refractivity contribution in [2.45, 2.75) is 20.6 Å². The molecule has 0 N–H and O–H groups in total. The van der Waals surface area contributed by atoms with E-state index in [1.54, 1.807) is 92.7 Å². The van der Waals surface area contributed by atoms with Crippen molar-refractivity contribution in [2.75, 3.05) is 69.1 Å². The molecule has 13 aromatic rings. The molecule has 0 fully saturated rings. The van der Waals surface area contributed by atoms with Gasteiger partial charge in [-0.15, -0.1) is 0 Å². The Hall–Kier alpha value is -13.8. The second-order valence-corrected chi connectivity index (χ2v) is 23.8. The van der Waals surface area contributed by atoms with Crippen molar-refractivity contribution in [1.29, 1.82) is 21.0 Å². The van der Waals surface area contributed by atoms with Crippen LogP contribution in [-0.4, -0.2) is 85.9 Å². The summed E-state index contributed by atoms with van der Waals surface area (Å²) in [6.45, 7) is -2.73. The van der Waals surface area contributed by atoms with Gasteiger partial charge in [0.2, 0.25) is 5.75 Å². The van der Waals surface area contributed by atoms with Gasteiger partial charge in [0.05, 0.1) is 79.6 Å². The average molecular weight is 1530 g/mol. The second kappa shape index (κ2) is 35.2. The van der Waals surface area contributed by atoms with Gasteiger partial charge in [-0.3, -0.25) is 20.2 Å². The predicted molar refractivity (Wildman–Crippen MR) is 414 cm³/mol. The highest BCUT2D eigenvalue weighted by atomic mass is 127. The van der Waals surface area contributed by atoms with E-state index < -0.39 is 27.9 Å². The molecule has 530 valence electrons. The summed E-state index contributed by atoms with van der Waals surface area (Å²) in [5.41, 5.74) is 10.6. The zero-order valence-corrected chi connectivity index (χ0v) is 59.4. The van der Waals surface area contributed by atoms with Crippen LogP contribution in [0, 0.1) is 69.1 Å². The van der Waals surface area contributed by atoms with Gasteiger partial charge < -0.3 is 43.3 Å². The monoisotopic (exact) mass is 1530 g/mol. The third-order valence-electron chi connectivity index (χ3n) is 16.5. The first-order chi connectivity index (χ1) is 50.8. The number of rotatable bonds is 18. The number of anilines is 8. The molecule has 0 aliphatic rings. The summed E-state index contributed by atoms with van der Waals surface area (Å²) >= 11 is 2.25. The summed E-state index contributed by atoms with van der Waals surface area (Å²) in [4.78, 5) is 46.0. The maximum atomic E-state index is 12.5. The van der Waals surface area contributed by atoms with E-state index in [2.05, 4.69) is 70.4 Å². The minimum atomic E-state index is -3.17. The Kier molecular flexibility index (Phi) is 25.3. The molecule has 26 heteroatoms. The summed E-state index contributed by atoms with van der Waals surface area (Å²) in [7, 11) is 12.1. The third-order valence-corrected chi connectivity index (χ3v) is 17.3. The van der Waals surface area contributed by atoms with Gasteiger partial charge in [-0.05, 0) is 131 Å². The summed E-state index contributed by atoms with van der Waals surface area (Å²) in [5.74, 6) is 1.84. The largest absolute Gasteiger partial charge is 0.496 e. The van der Waals surface area contributed by atoms with Crippen LogP contribution in [0.5, 0.6) is 28.7 Å². The Morgan fingerprint density at radius 1 is 0.415 bits per heavy atom. The minimum Gasteiger partial charge on any atom is -0.496 e. The number of hydrogen-bond donors (Lipinski definition) is 0. The van der Waals surface area contributed by atoms with E-state index in [9.17, 15) is 50.1 Å². The highest BCUT2D eigenvalue weighted by molar-refractivity contribution is 14.1. The summed E-state index contributed by atoms with van der Waals surface area (Å²) in [6, 6.07) is 75.6. The molecule has 0 radical (unpaired) electrons. The van der Waals surface area contributed by atoms with Crippen LogP contribution in [-0.2, 0) is 6.61 Å². The maximum Gasteiger partial charge on any atom is 0.387 e. The maximum absolute atomic E-state index is 12.5. The first-order valence-corrected chi connectivity index (χ1v) is 32.7. The molecule has 4 aromatic heterocycles. The van der Waals surface area contributed by atoms with Gasteiger partial charge in [-0.25, -0.2) is 19.9 Å². The lowest BCUT2D eigenvalue weighted by Crippen LogP contribution is -2.12. The zero-order valence-electron chi connectivity index (χ0n) is 57.2.